The molecule has 0 atom stereocenters. The van der Waals surface area contributed by atoms with Gasteiger partial charge in [0.2, 0.25) is 0 Å². The fourth-order valence-electron chi connectivity index (χ4n) is 2.69. The first-order valence-corrected chi connectivity index (χ1v) is 8.82. The number of benzene rings is 2. The van der Waals surface area contributed by atoms with Crippen LogP contribution in [0.1, 0.15) is 22.6 Å². The van der Waals surface area contributed by atoms with E-state index >= 15 is 0 Å². The molecule has 0 amide bonds. The fraction of sp³-hybridized carbons (Fsp3) is 0.182. The first-order chi connectivity index (χ1) is 13.4. The summed E-state index contributed by atoms with van der Waals surface area (Å²) < 4.78 is 10.1. The van der Waals surface area contributed by atoms with Gasteiger partial charge in [0.15, 0.2) is 0 Å². The van der Waals surface area contributed by atoms with E-state index in [0.717, 1.165) is 22.6 Å². The topological polar surface area (TPSA) is 92.5 Å². The Bertz CT molecular complexity index is 1010. The van der Waals surface area contributed by atoms with Gasteiger partial charge in [-0.15, -0.1) is 0 Å². The summed E-state index contributed by atoms with van der Waals surface area (Å²) in [6.45, 7) is 7.55. The monoisotopic (exact) mass is 442 g/mol. The summed E-state index contributed by atoms with van der Waals surface area (Å²) in [5.74, 6) is 2.01. The van der Waals surface area contributed by atoms with E-state index in [1.54, 1.807) is 24.3 Å². The molecule has 0 radical (unpaired) electrons. The maximum Gasteiger partial charge on any atom is 0.137 e. The predicted molar refractivity (Wildman–Crippen MR) is 106 cm³/mol. The van der Waals surface area contributed by atoms with E-state index in [4.69, 9.17) is 9.05 Å². The van der Waals surface area contributed by atoms with Crippen LogP contribution in [0.3, 0.4) is 0 Å². The van der Waals surface area contributed by atoms with Gasteiger partial charge in [-0.05, 0) is 52.0 Å². The zero-order valence-corrected chi connectivity index (χ0v) is 19.9. The Morgan fingerprint density at radius 1 is 0.621 bits per heavy atom. The molecule has 29 heavy (non-hydrogen) atoms. The predicted octanol–water partition coefficient (Wildman–Crippen LogP) is 5.33. The number of rotatable bonds is 2. The van der Waals surface area contributed by atoms with Crippen LogP contribution in [-0.2, 0) is 19.5 Å². The SMILES string of the molecule is Cc1onc(-c2ccccc2O)c1C.Cc1onc(-c2ccccc2O)c1C.[Zn]. The summed E-state index contributed by atoms with van der Waals surface area (Å²) in [4.78, 5) is 0. The van der Waals surface area contributed by atoms with Gasteiger partial charge in [0.1, 0.15) is 34.4 Å². The summed E-state index contributed by atoms with van der Waals surface area (Å²) in [5.41, 5.74) is 4.77. The molecule has 0 aliphatic heterocycles. The van der Waals surface area contributed by atoms with E-state index in [9.17, 15) is 10.2 Å². The summed E-state index contributed by atoms with van der Waals surface area (Å²) in [7, 11) is 0. The van der Waals surface area contributed by atoms with Gasteiger partial charge in [0.25, 0.3) is 0 Å². The normalized spacial score (nSPS) is 10.1. The molecular formula is C22H22N2O4Zn. The van der Waals surface area contributed by atoms with Crippen molar-refractivity contribution in [3.63, 3.8) is 0 Å². The minimum atomic E-state index is 0. The van der Waals surface area contributed by atoms with Gasteiger partial charge >= 0.3 is 0 Å². The van der Waals surface area contributed by atoms with Crippen molar-refractivity contribution < 1.29 is 38.7 Å². The summed E-state index contributed by atoms with van der Waals surface area (Å²) in [5, 5.41) is 27.1. The average molecular weight is 444 g/mol. The largest absolute Gasteiger partial charge is 0.507 e. The number of hydrogen-bond acceptors (Lipinski definition) is 6. The van der Waals surface area contributed by atoms with E-state index < -0.39 is 0 Å². The second kappa shape index (κ2) is 9.52. The molecule has 4 rings (SSSR count). The Kier molecular flexibility index (Phi) is 7.35. The Morgan fingerprint density at radius 2 is 0.966 bits per heavy atom. The van der Waals surface area contributed by atoms with Gasteiger partial charge in [-0.1, -0.05) is 34.6 Å². The van der Waals surface area contributed by atoms with Crippen molar-refractivity contribution in [3.8, 4) is 34.0 Å². The van der Waals surface area contributed by atoms with Crippen molar-refractivity contribution in [3.05, 3.63) is 71.2 Å². The Hall–Kier alpha value is -2.92. The van der Waals surface area contributed by atoms with Crippen molar-refractivity contribution in [2.45, 2.75) is 27.7 Å². The zero-order chi connectivity index (χ0) is 20.3. The molecule has 6 nitrogen and oxygen atoms in total. The Balaban J connectivity index is 0.000000200. The zero-order valence-electron chi connectivity index (χ0n) is 16.9. The minimum Gasteiger partial charge on any atom is -0.507 e. The third-order valence-electron chi connectivity index (χ3n) is 4.63. The molecule has 2 aromatic heterocycles. The number of phenols is 2. The summed E-state index contributed by atoms with van der Waals surface area (Å²) >= 11 is 0. The van der Waals surface area contributed by atoms with E-state index in [1.807, 2.05) is 52.0 Å². The number of hydrogen-bond donors (Lipinski definition) is 2. The quantitative estimate of drug-likeness (QED) is 0.407. The van der Waals surface area contributed by atoms with Crippen molar-refractivity contribution >= 4 is 0 Å². The standard InChI is InChI=1S/2C11H11NO2.Zn/c2*1-7-8(2)14-12-11(7)9-5-3-4-6-10(9)13;/h2*3-6,13H,1-2H3;. The van der Waals surface area contributed by atoms with E-state index in [-0.39, 0.29) is 31.0 Å². The number of nitrogens with zero attached hydrogens (tertiary/aromatic N) is 2. The van der Waals surface area contributed by atoms with Gasteiger partial charge < -0.3 is 19.3 Å². The van der Waals surface area contributed by atoms with Crippen molar-refractivity contribution in [1.82, 2.24) is 10.3 Å². The molecular weight excluding hydrogens is 422 g/mol. The van der Waals surface area contributed by atoms with Crippen molar-refractivity contribution in [2.75, 3.05) is 0 Å². The fourth-order valence-corrected chi connectivity index (χ4v) is 2.69. The second-order valence-corrected chi connectivity index (χ2v) is 6.46. The van der Waals surface area contributed by atoms with Crippen LogP contribution in [0.4, 0.5) is 0 Å². The van der Waals surface area contributed by atoms with Crippen LogP contribution >= 0.6 is 0 Å². The molecule has 2 N–H and O–H groups in total. The molecule has 2 aromatic carbocycles. The van der Waals surface area contributed by atoms with Gasteiger partial charge in [-0.2, -0.15) is 0 Å². The molecule has 0 bridgehead atoms. The molecule has 4 aromatic rings. The van der Waals surface area contributed by atoms with Crippen molar-refractivity contribution in [1.29, 1.82) is 0 Å². The number of para-hydroxylation sites is 2. The third kappa shape index (κ3) is 4.74. The Labute approximate surface area is 181 Å². The van der Waals surface area contributed by atoms with Crippen LogP contribution in [-0.4, -0.2) is 20.5 Å². The molecule has 0 aliphatic carbocycles. The smallest absolute Gasteiger partial charge is 0.137 e. The molecule has 0 fully saturated rings. The molecule has 7 heteroatoms. The number of aromatic nitrogens is 2. The molecule has 0 saturated heterocycles. The summed E-state index contributed by atoms with van der Waals surface area (Å²) in [6.07, 6.45) is 0. The van der Waals surface area contributed by atoms with Crippen LogP contribution in [0.15, 0.2) is 57.6 Å². The third-order valence-corrected chi connectivity index (χ3v) is 4.63. The number of aryl methyl sites for hydroxylation is 2. The van der Waals surface area contributed by atoms with Gasteiger partial charge in [-0.25, -0.2) is 0 Å². The summed E-state index contributed by atoms with van der Waals surface area (Å²) in [6, 6.07) is 14.2. The first-order valence-electron chi connectivity index (χ1n) is 8.82. The second-order valence-electron chi connectivity index (χ2n) is 6.46. The first kappa shape index (κ1) is 22.4. The van der Waals surface area contributed by atoms with E-state index in [1.165, 1.54) is 0 Å². The molecule has 0 saturated carbocycles. The van der Waals surface area contributed by atoms with Crippen LogP contribution < -0.4 is 0 Å². The van der Waals surface area contributed by atoms with Crippen LogP contribution in [0.5, 0.6) is 11.5 Å². The van der Waals surface area contributed by atoms with E-state index in [2.05, 4.69) is 10.3 Å². The van der Waals surface area contributed by atoms with Gasteiger partial charge in [0.05, 0.1) is 0 Å². The van der Waals surface area contributed by atoms with Crippen LogP contribution in [0, 0.1) is 27.7 Å². The van der Waals surface area contributed by atoms with Gasteiger partial charge in [-0.3, -0.25) is 0 Å². The molecule has 0 unspecified atom stereocenters. The van der Waals surface area contributed by atoms with Crippen molar-refractivity contribution in [2.24, 2.45) is 0 Å². The molecule has 146 valence electrons. The number of aromatic hydroxyl groups is 2. The number of phenolic OH excluding ortho intramolecular Hbond substituents is 2. The average Bonchev–Trinajstić information content (AvgIpc) is 3.19. The van der Waals surface area contributed by atoms with E-state index in [0.29, 0.717) is 22.5 Å². The molecule has 2 heterocycles. The maximum atomic E-state index is 9.62. The van der Waals surface area contributed by atoms with Crippen LogP contribution in [0.2, 0.25) is 0 Å². The van der Waals surface area contributed by atoms with Crippen LogP contribution in [0.25, 0.3) is 22.5 Å². The Morgan fingerprint density at radius 3 is 1.24 bits per heavy atom. The maximum absolute atomic E-state index is 9.62. The molecule has 0 aliphatic rings. The van der Waals surface area contributed by atoms with Gasteiger partial charge in [0, 0.05) is 41.7 Å². The minimum absolute atomic E-state index is 0. The molecule has 0 spiro atoms.